The topological polar surface area (TPSA) is 127 Å². The van der Waals surface area contributed by atoms with Crippen molar-refractivity contribution in [1.29, 1.82) is 0 Å². The number of rotatable bonds is 3. The molecule has 1 aromatic rings. The van der Waals surface area contributed by atoms with Gasteiger partial charge < -0.3 is 16.6 Å². The van der Waals surface area contributed by atoms with E-state index in [1.54, 1.807) is 18.2 Å². The summed E-state index contributed by atoms with van der Waals surface area (Å²) in [5.74, 6) is -2.88. The highest BCUT2D eigenvalue weighted by Gasteiger charge is 2.37. The van der Waals surface area contributed by atoms with Crippen LogP contribution in [0.5, 0.6) is 0 Å². The number of aliphatic carboxylic acids is 1. The normalized spacial score (nSPS) is 15.3. The number of imide groups is 1. The average Bonchev–Trinajstić information content (AvgIpc) is 2.71. The summed E-state index contributed by atoms with van der Waals surface area (Å²) in [5.41, 5.74) is 12.6. The van der Waals surface area contributed by atoms with Crippen LogP contribution in [0.1, 0.15) is 11.1 Å². The van der Waals surface area contributed by atoms with Crippen LogP contribution < -0.4 is 16.4 Å². The van der Waals surface area contributed by atoms with Crippen LogP contribution in [0.25, 0.3) is 0 Å². The Labute approximate surface area is 108 Å². The van der Waals surface area contributed by atoms with E-state index in [2.05, 4.69) is 0 Å². The van der Waals surface area contributed by atoms with Gasteiger partial charge in [-0.2, -0.15) is 0 Å². The van der Waals surface area contributed by atoms with Crippen molar-refractivity contribution in [2.75, 3.05) is 4.90 Å². The highest BCUT2D eigenvalue weighted by atomic mass is 16.4. The van der Waals surface area contributed by atoms with Gasteiger partial charge in [-0.3, -0.25) is 9.59 Å². The van der Waals surface area contributed by atoms with Crippen LogP contribution >= 0.6 is 0 Å². The molecule has 0 radical (unpaired) electrons. The monoisotopic (exact) mass is 263 g/mol. The molecular weight excluding hydrogens is 250 g/mol. The van der Waals surface area contributed by atoms with Crippen LogP contribution in [0.4, 0.5) is 5.69 Å². The number of carboxylic acid groups (broad SMARTS) is 1. The molecule has 1 unspecified atom stereocenters. The number of hydrogen-bond donors (Lipinski definition) is 3. The van der Waals surface area contributed by atoms with Gasteiger partial charge in [0.05, 0.1) is 12.1 Å². The summed E-state index contributed by atoms with van der Waals surface area (Å²) in [6.07, 6.45) is 0.0429. The molecule has 7 nitrogen and oxygen atoms in total. The highest BCUT2D eigenvalue weighted by molar-refractivity contribution is 6.24. The number of benzene rings is 1. The fraction of sp³-hybridized carbons (Fsp3) is 0.250. The van der Waals surface area contributed by atoms with E-state index in [4.69, 9.17) is 16.6 Å². The Morgan fingerprint density at radius 1 is 1.42 bits per heavy atom. The molecule has 2 amide bonds. The lowest BCUT2D eigenvalue weighted by Gasteiger charge is -2.17. The molecule has 1 atom stereocenters. The van der Waals surface area contributed by atoms with E-state index >= 15 is 0 Å². The Balaban J connectivity index is 2.38. The molecule has 0 spiro atoms. The molecule has 0 bridgehead atoms. The molecule has 1 heterocycles. The van der Waals surface area contributed by atoms with Gasteiger partial charge in [-0.1, -0.05) is 12.1 Å². The van der Waals surface area contributed by atoms with Crippen molar-refractivity contribution in [3.8, 4) is 0 Å². The molecule has 19 heavy (non-hydrogen) atoms. The maximum Gasteiger partial charge on any atom is 0.330 e. The van der Waals surface area contributed by atoms with Crippen molar-refractivity contribution in [2.45, 2.75) is 19.0 Å². The molecule has 2 rings (SSSR count). The second-order valence-corrected chi connectivity index (χ2v) is 4.23. The standard InChI is InChI=1S/C12H13N3O4/c13-5-6-1-2-8-7(3-6)4-9(16)15(8)11(17)10(14)12(18)19/h1-3,10H,4-5,13-14H2,(H,18,19). The van der Waals surface area contributed by atoms with Gasteiger partial charge in [-0.05, 0) is 17.2 Å². The van der Waals surface area contributed by atoms with Crippen molar-refractivity contribution in [3.05, 3.63) is 29.3 Å². The third kappa shape index (κ3) is 2.20. The second-order valence-electron chi connectivity index (χ2n) is 4.23. The number of anilines is 1. The summed E-state index contributed by atoms with van der Waals surface area (Å²) >= 11 is 0. The molecule has 0 aromatic heterocycles. The number of hydrogen-bond acceptors (Lipinski definition) is 5. The van der Waals surface area contributed by atoms with Crippen molar-refractivity contribution < 1.29 is 19.5 Å². The molecular formula is C12H13N3O4. The predicted octanol–water partition coefficient (Wildman–Crippen LogP) is -1.03. The minimum Gasteiger partial charge on any atom is -0.480 e. The molecule has 0 fully saturated rings. The van der Waals surface area contributed by atoms with Crippen molar-refractivity contribution in [1.82, 2.24) is 0 Å². The highest BCUT2D eigenvalue weighted by Crippen LogP contribution is 2.30. The number of fused-ring (bicyclic) bond motifs is 1. The largest absolute Gasteiger partial charge is 0.480 e. The number of carboxylic acids is 1. The number of nitrogens with two attached hydrogens (primary N) is 2. The predicted molar refractivity (Wildman–Crippen MR) is 66.1 cm³/mol. The SMILES string of the molecule is NCc1ccc2c(c1)CC(=O)N2C(=O)C(N)C(=O)O. The van der Waals surface area contributed by atoms with Crippen LogP contribution in [0.15, 0.2) is 18.2 Å². The lowest BCUT2D eigenvalue weighted by Crippen LogP contribution is -2.49. The van der Waals surface area contributed by atoms with E-state index in [0.717, 1.165) is 10.5 Å². The van der Waals surface area contributed by atoms with Crippen LogP contribution in [0, 0.1) is 0 Å². The van der Waals surface area contributed by atoms with Gasteiger partial charge in [0.1, 0.15) is 0 Å². The van der Waals surface area contributed by atoms with E-state index in [1.165, 1.54) is 0 Å². The van der Waals surface area contributed by atoms with Crippen molar-refractivity contribution in [2.24, 2.45) is 11.5 Å². The van der Waals surface area contributed by atoms with Crippen molar-refractivity contribution >= 4 is 23.5 Å². The lowest BCUT2D eigenvalue weighted by atomic mass is 10.1. The quantitative estimate of drug-likeness (QED) is 0.599. The van der Waals surface area contributed by atoms with Crippen molar-refractivity contribution in [3.63, 3.8) is 0 Å². The first kappa shape index (κ1) is 13.2. The van der Waals surface area contributed by atoms with Gasteiger partial charge in [0.15, 0.2) is 6.04 Å². The summed E-state index contributed by atoms with van der Waals surface area (Å²) in [6.45, 7) is 0.323. The first-order chi connectivity index (χ1) is 8.95. The van der Waals surface area contributed by atoms with Gasteiger partial charge >= 0.3 is 5.97 Å². The van der Waals surface area contributed by atoms with E-state index in [0.29, 0.717) is 17.8 Å². The molecule has 0 saturated carbocycles. The summed E-state index contributed by atoms with van der Waals surface area (Å²) in [5, 5.41) is 8.73. The van der Waals surface area contributed by atoms with Gasteiger partial charge in [-0.25, -0.2) is 9.69 Å². The fourth-order valence-electron chi connectivity index (χ4n) is 1.99. The summed E-state index contributed by atoms with van der Waals surface area (Å²) in [7, 11) is 0. The maximum atomic E-state index is 11.9. The maximum absolute atomic E-state index is 11.9. The number of nitrogens with zero attached hydrogens (tertiary/aromatic N) is 1. The zero-order chi connectivity index (χ0) is 14.2. The Bertz CT molecular complexity index is 570. The molecule has 7 heteroatoms. The number of amides is 2. The number of carbonyl (C=O) groups is 3. The minimum absolute atomic E-state index is 0.0429. The molecule has 1 aromatic carbocycles. The third-order valence-corrected chi connectivity index (χ3v) is 2.96. The molecule has 1 aliphatic heterocycles. The first-order valence-electron chi connectivity index (χ1n) is 5.62. The van der Waals surface area contributed by atoms with Gasteiger partial charge in [-0.15, -0.1) is 0 Å². The van der Waals surface area contributed by atoms with E-state index in [1.807, 2.05) is 0 Å². The lowest BCUT2D eigenvalue weighted by molar-refractivity contribution is -0.142. The Morgan fingerprint density at radius 2 is 2.11 bits per heavy atom. The van der Waals surface area contributed by atoms with Gasteiger partial charge in [0.25, 0.3) is 5.91 Å². The fourth-order valence-corrected chi connectivity index (χ4v) is 1.99. The Kier molecular flexibility index (Phi) is 3.32. The second kappa shape index (κ2) is 4.79. The van der Waals surface area contributed by atoms with Gasteiger partial charge in [0.2, 0.25) is 5.91 Å². The summed E-state index contributed by atoms with van der Waals surface area (Å²) in [4.78, 5) is 35.3. The first-order valence-corrected chi connectivity index (χ1v) is 5.62. The van der Waals surface area contributed by atoms with E-state index < -0.39 is 23.8 Å². The Hall–Kier alpha value is -2.25. The average molecular weight is 263 g/mol. The molecule has 0 saturated heterocycles. The zero-order valence-corrected chi connectivity index (χ0v) is 10.00. The molecule has 0 aliphatic carbocycles. The smallest absolute Gasteiger partial charge is 0.330 e. The summed E-state index contributed by atoms with van der Waals surface area (Å²) < 4.78 is 0. The van der Waals surface area contributed by atoms with Gasteiger partial charge in [0, 0.05) is 6.54 Å². The van der Waals surface area contributed by atoms with E-state index in [9.17, 15) is 14.4 Å². The van der Waals surface area contributed by atoms with Crippen LogP contribution in [0.3, 0.4) is 0 Å². The zero-order valence-electron chi connectivity index (χ0n) is 10.00. The van der Waals surface area contributed by atoms with Crippen LogP contribution in [-0.4, -0.2) is 28.9 Å². The third-order valence-electron chi connectivity index (χ3n) is 2.96. The minimum atomic E-state index is -1.75. The van der Waals surface area contributed by atoms with Crippen LogP contribution in [-0.2, 0) is 27.3 Å². The van der Waals surface area contributed by atoms with Crippen LogP contribution in [0.2, 0.25) is 0 Å². The molecule has 1 aliphatic rings. The number of carbonyl (C=O) groups excluding carboxylic acids is 2. The molecule has 5 N–H and O–H groups in total. The summed E-state index contributed by atoms with van der Waals surface area (Å²) in [6, 6.07) is 3.25. The Morgan fingerprint density at radius 3 is 2.68 bits per heavy atom. The molecule has 100 valence electrons. The van der Waals surface area contributed by atoms with E-state index in [-0.39, 0.29) is 6.42 Å².